The first-order chi connectivity index (χ1) is 17.3. The minimum atomic E-state index is -1.56. The van der Waals surface area contributed by atoms with Gasteiger partial charge in [0.15, 0.2) is 11.2 Å². The number of fused-ring (bicyclic) bond motifs is 3. The summed E-state index contributed by atoms with van der Waals surface area (Å²) in [6, 6.07) is 20.0. The highest BCUT2D eigenvalue weighted by molar-refractivity contribution is 7.80. The van der Waals surface area contributed by atoms with E-state index < -0.39 is 35.0 Å². The number of carboxylic acid groups (broad SMARTS) is 1. The molecule has 2 N–H and O–H groups in total. The number of carbonyl (C=O) groups is 4. The van der Waals surface area contributed by atoms with Gasteiger partial charge in [-0.15, -0.1) is 11.6 Å². The van der Waals surface area contributed by atoms with Crippen molar-refractivity contribution in [1.82, 2.24) is 5.32 Å². The van der Waals surface area contributed by atoms with Crippen LogP contribution in [0.3, 0.4) is 0 Å². The summed E-state index contributed by atoms with van der Waals surface area (Å²) in [5.41, 5.74) is 4.51. The van der Waals surface area contributed by atoms with Crippen molar-refractivity contribution < 1.29 is 29.0 Å². The molecule has 7 nitrogen and oxygen atoms in total. The average molecular weight is 524 g/mol. The second-order valence-electron chi connectivity index (χ2n) is 8.21. The Kier molecular flexibility index (Phi) is 7.76. The predicted octanol–water partition coefficient (Wildman–Crippen LogP) is 3.95. The molecular weight excluding hydrogens is 502 g/mol. The minimum Gasteiger partial charge on any atom is -0.480 e. The number of aliphatic carboxylic acids is 1. The highest BCUT2D eigenvalue weighted by atomic mass is 35.5. The number of ether oxygens (including phenoxy) is 1. The number of hydrogen-bond acceptors (Lipinski definition) is 6. The molecule has 36 heavy (non-hydrogen) atoms. The Morgan fingerprint density at radius 2 is 1.42 bits per heavy atom. The van der Waals surface area contributed by atoms with Gasteiger partial charge in [0.2, 0.25) is 0 Å². The van der Waals surface area contributed by atoms with Gasteiger partial charge < -0.3 is 15.2 Å². The molecule has 0 radical (unpaired) electrons. The first-order valence-electron chi connectivity index (χ1n) is 11.1. The van der Waals surface area contributed by atoms with Crippen molar-refractivity contribution in [1.29, 1.82) is 0 Å². The Hall–Kier alpha value is -3.62. The van der Waals surface area contributed by atoms with Crippen molar-refractivity contribution >= 4 is 47.9 Å². The fourth-order valence-electron chi connectivity index (χ4n) is 4.14. The molecule has 1 amide bonds. The zero-order valence-corrected chi connectivity index (χ0v) is 20.5. The van der Waals surface area contributed by atoms with E-state index in [0.29, 0.717) is 0 Å². The zero-order chi connectivity index (χ0) is 25.8. The van der Waals surface area contributed by atoms with Crippen LogP contribution in [-0.2, 0) is 14.3 Å². The van der Waals surface area contributed by atoms with Crippen LogP contribution >= 0.6 is 24.2 Å². The summed E-state index contributed by atoms with van der Waals surface area (Å²) in [5, 5.41) is 9.81. The van der Waals surface area contributed by atoms with Crippen LogP contribution in [0.4, 0.5) is 0 Å². The van der Waals surface area contributed by atoms with E-state index >= 15 is 0 Å². The van der Waals surface area contributed by atoms with Crippen LogP contribution in [0.1, 0.15) is 37.8 Å². The number of rotatable bonds is 9. The molecule has 4 rings (SSSR count). The number of alkyl halides is 1. The minimum absolute atomic E-state index is 0.0400. The number of esters is 1. The molecule has 1 aliphatic carbocycles. The van der Waals surface area contributed by atoms with Gasteiger partial charge in [0.1, 0.15) is 12.6 Å². The molecule has 0 fully saturated rings. The van der Waals surface area contributed by atoms with E-state index in [2.05, 4.69) is 17.9 Å². The van der Waals surface area contributed by atoms with Gasteiger partial charge in [-0.25, -0.2) is 9.59 Å². The lowest BCUT2D eigenvalue weighted by Gasteiger charge is -2.16. The lowest BCUT2D eigenvalue weighted by atomic mass is 9.98. The zero-order valence-electron chi connectivity index (χ0n) is 18.9. The summed E-state index contributed by atoms with van der Waals surface area (Å²) in [5.74, 6) is -3.60. The van der Waals surface area contributed by atoms with Crippen molar-refractivity contribution in [2.24, 2.45) is 0 Å². The van der Waals surface area contributed by atoms with Gasteiger partial charge in [-0.05, 0) is 34.4 Å². The van der Waals surface area contributed by atoms with Gasteiger partial charge in [-0.3, -0.25) is 9.59 Å². The second kappa shape index (κ2) is 11.0. The van der Waals surface area contributed by atoms with E-state index in [4.69, 9.17) is 21.4 Å². The standard InChI is InChI=1S/C27H22ClNO6S/c28-23(24(30)15-9-11-16(12-10-15)25(31)29-22(14-36)26(32)33)27(34)35-13-21-19-7-3-1-5-17(19)18-6-2-4-8-20(18)21/h1-12,21-23,36H,13-14H2,(H,29,31)(H,32,33)/t22-,23?/m0/s1. The van der Waals surface area contributed by atoms with E-state index in [9.17, 15) is 19.2 Å². The van der Waals surface area contributed by atoms with Gasteiger partial charge in [0, 0.05) is 22.8 Å². The van der Waals surface area contributed by atoms with E-state index in [1.165, 1.54) is 24.3 Å². The molecule has 0 aliphatic heterocycles. The molecule has 0 saturated carbocycles. The Labute approximate surface area is 217 Å². The molecule has 1 unspecified atom stereocenters. The quantitative estimate of drug-likeness (QED) is 0.129. The maximum absolute atomic E-state index is 12.8. The maximum Gasteiger partial charge on any atom is 0.332 e. The first-order valence-corrected chi connectivity index (χ1v) is 12.2. The summed E-state index contributed by atoms with van der Waals surface area (Å²) in [6.07, 6.45) is 0. The van der Waals surface area contributed by atoms with Gasteiger partial charge in [-0.2, -0.15) is 12.6 Å². The second-order valence-corrected chi connectivity index (χ2v) is 9.01. The maximum atomic E-state index is 12.8. The van der Waals surface area contributed by atoms with Crippen LogP contribution < -0.4 is 5.32 Å². The van der Waals surface area contributed by atoms with Crippen molar-refractivity contribution in [3.8, 4) is 11.1 Å². The van der Waals surface area contributed by atoms with E-state index in [0.717, 1.165) is 22.3 Å². The van der Waals surface area contributed by atoms with Crippen LogP contribution in [0.5, 0.6) is 0 Å². The number of thiol groups is 1. The summed E-state index contributed by atoms with van der Waals surface area (Å²) >= 11 is 10.1. The fraction of sp³-hybridized carbons (Fsp3) is 0.185. The SMILES string of the molecule is O=C(N[C@@H](CS)C(=O)O)c1ccc(C(=O)C(Cl)C(=O)OCC2c3ccccc3-c3ccccc32)cc1. The van der Waals surface area contributed by atoms with E-state index in [1.807, 2.05) is 48.5 Å². The smallest absolute Gasteiger partial charge is 0.332 e. The normalized spacial score (nSPS) is 13.7. The summed E-state index contributed by atoms with van der Waals surface area (Å²) < 4.78 is 5.47. The average Bonchev–Trinajstić information content (AvgIpc) is 3.22. The Morgan fingerprint density at radius 3 is 1.94 bits per heavy atom. The third-order valence-corrected chi connectivity index (χ3v) is 6.75. The lowest BCUT2D eigenvalue weighted by Crippen LogP contribution is -2.42. The highest BCUT2D eigenvalue weighted by Gasteiger charge is 2.32. The number of nitrogens with one attached hydrogen (secondary N) is 1. The monoisotopic (exact) mass is 523 g/mol. The molecule has 2 atom stereocenters. The molecule has 9 heteroatoms. The number of hydrogen-bond donors (Lipinski definition) is 3. The van der Waals surface area contributed by atoms with Crippen LogP contribution in [-0.4, -0.2) is 52.5 Å². The number of ketones is 1. The molecule has 3 aromatic carbocycles. The Bertz CT molecular complexity index is 1280. The highest BCUT2D eigenvalue weighted by Crippen LogP contribution is 2.44. The number of carbonyl (C=O) groups excluding carboxylic acids is 3. The molecule has 1 aliphatic rings. The van der Waals surface area contributed by atoms with Gasteiger partial charge in [0.05, 0.1) is 0 Å². The molecular formula is C27H22ClNO6S. The van der Waals surface area contributed by atoms with Crippen LogP contribution in [0.15, 0.2) is 72.8 Å². The third-order valence-electron chi connectivity index (χ3n) is 6.01. The molecule has 0 saturated heterocycles. The first kappa shape index (κ1) is 25.5. The van der Waals surface area contributed by atoms with Crippen molar-refractivity contribution in [3.63, 3.8) is 0 Å². The summed E-state index contributed by atoms with van der Waals surface area (Å²) in [6.45, 7) is 0.0400. The number of carboxylic acids is 1. The molecule has 0 spiro atoms. The predicted molar refractivity (Wildman–Crippen MR) is 138 cm³/mol. The summed E-state index contributed by atoms with van der Waals surface area (Å²) in [4.78, 5) is 48.7. The summed E-state index contributed by atoms with van der Waals surface area (Å²) in [7, 11) is 0. The largest absolute Gasteiger partial charge is 0.480 e. The van der Waals surface area contributed by atoms with Crippen LogP contribution in [0.2, 0.25) is 0 Å². The topological polar surface area (TPSA) is 110 Å². The van der Waals surface area contributed by atoms with Gasteiger partial charge in [0.25, 0.3) is 5.91 Å². The third kappa shape index (κ3) is 5.15. The van der Waals surface area contributed by atoms with Crippen LogP contribution in [0.25, 0.3) is 11.1 Å². The Morgan fingerprint density at radius 1 is 0.889 bits per heavy atom. The lowest BCUT2D eigenvalue weighted by molar-refractivity contribution is -0.142. The molecule has 184 valence electrons. The molecule has 0 heterocycles. The number of Topliss-reactive ketones (excluding diaryl/α,β-unsaturated/α-hetero) is 1. The van der Waals surface area contributed by atoms with Gasteiger partial charge >= 0.3 is 11.9 Å². The molecule has 0 bridgehead atoms. The van der Waals surface area contributed by atoms with E-state index in [-0.39, 0.29) is 29.4 Å². The number of benzene rings is 3. The Balaban J connectivity index is 1.39. The fourth-order valence-corrected chi connectivity index (χ4v) is 4.58. The van der Waals surface area contributed by atoms with Crippen molar-refractivity contribution in [3.05, 3.63) is 95.1 Å². The molecule has 0 aromatic heterocycles. The van der Waals surface area contributed by atoms with Crippen molar-refractivity contribution in [2.75, 3.05) is 12.4 Å². The number of amides is 1. The van der Waals surface area contributed by atoms with E-state index in [1.54, 1.807) is 0 Å². The van der Waals surface area contributed by atoms with Crippen molar-refractivity contribution in [2.45, 2.75) is 17.3 Å². The van der Waals surface area contributed by atoms with Crippen LogP contribution in [0, 0.1) is 0 Å². The molecule has 3 aromatic rings. The van der Waals surface area contributed by atoms with Gasteiger partial charge in [-0.1, -0.05) is 60.7 Å². The number of halogens is 1.